The Morgan fingerprint density at radius 1 is 1.08 bits per heavy atom. The molecule has 7 fully saturated rings. The molecule has 0 aromatic rings. The molecule has 3 heterocycles. The summed E-state index contributed by atoms with van der Waals surface area (Å²) in [6, 6.07) is 0. The van der Waals surface area contributed by atoms with Gasteiger partial charge in [-0.2, -0.15) is 17.2 Å². The number of carbonyl (C=O) groups is 3. The minimum Gasteiger partial charge on any atom is -0.462 e. The van der Waals surface area contributed by atoms with E-state index in [4.69, 9.17) is 33.0 Å². The number of alkyl halides is 2. The molecule has 16 heteroatoms. The maximum absolute atomic E-state index is 13.9. The van der Waals surface area contributed by atoms with Crippen molar-refractivity contribution in [3.05, 3.63) is 0 Å². The zero-order chi connectivity index (χ0) is 28.0. The fourth-order valence-electron chi connectivity index (χ4n) is 7.88. The standard InChI is InChI=1S/C23H28F2O13S/c24-23(25,39(30,31)32)19(28)38-22-6-11-4-20(29,9-22)8-21(5-11,10-22)35-7-14(26)33-1-2-34-16-13-3-12-15(36-13)17(16)37-18(12)27/h11-13,15-17,29H,1-10H2,(H,30,31,32). The molecule has 4 saturated carbocycles. The quantitative estimate of drug-likeness (QED) is 0.151. The van der Waals surface area contributed by atoms with E-state index < -0.39 is 62.9 Å². The number of fused-ring (bicyclic) bond motifs is 1. The van der Waals surface area contributed by atoms with Crippen molar-refractivity contribution >= 4 is 28.0 Å². The molecule has 0 radical (unpaired) electrons. The number of halogens is 2. The van der Waals surface area contributed by atoms with Gasteiger partial charge >= 0.3 is 33.3 Å². The van der Waals surface area contributed by atoms with E-state index in [1.54, 1.807) is 0 Å². The Hall–Kier alpha value is -1.98. The van der Waals surface area contributed by atoms with Crippen LogP contribution in [0.4, 0.5) is 8.78 Å². The lowest BCUT2D eigenvalue weighted by Gasteiger charge is -2.63. The summed E-state index contributed by atoms with van der Waals surface area (Å²) < 4.78 is 91.3. The molecule has 3 saturated heterocycles. The number of hydrogen-bond acceptors (Lipinski definition) is 12. The summed E-state index contributed by atoms with van der Waals surface area (Å²) >= 11 is 0. The van der Waals surface area contributed by atoms with E-state index in [2.05, 4.69) is 0 Å². The Morgan fingerprint density at radius 2 is 1.79 bits per heavy atom. The van der Waals surface area contributed by atoms with Crippen LogP contribution in [0.5, 0.6) is 0 Å². The Bertz CT molecular complexity index is 1190. The van der Waals surface area contributed by atoms with Crippen molar-refractivity contribution < 1.29 is 69.7 Å². The van der Waals surface area contributed by atoms with Gasteiger partial charge in [0, 0.05) is 19.3 Å². The highest BCUT2D eigenvalue weighted by molar-refractivity contribution is 7.87. The van der Waals surface area contributed by atoms with Crippen molar-refractivity contribution in [1.29, 1.82) is 0 Å². The number of hydrogen-bond donors (Lipinski definition) is 2. The van der Waals surface area contributed by atoms with Gasteiger partial charge in [0.05, 0.1) is 29.8 Å². The average Bonchev–Trinajstić information content (AvgIpc) is 3.42. The van der Waals surface area contributed by atoms with Crippen molar-refractivity contribution in [3.8, 4) is 0 Å². The lowest BCUT2D eigenvalue weighted by molar-refractivity contribution is -0.277. The van der Waals surface area contributed by atoms with Gasteiger partial charge in [0.25, 0.3) is 0 Å². The first-order chi connectivity index (χ1) is 18.1. The van der Waals surface area contributed by atoms with Crippen molar-refractivity contribution in [2.75, 3.05) is 19.8 Å². The van der Waals surface area contributed by atoms with Gasteiger partial charge in [-0.05, 0) is 31.6 Å². The number of rotatable bonds is 10. The summed E-state index contributed by atoms with van der Waals surface area (Å²) in [4.78, 5) is 36.2. The van der Waals surface area contributed by atoms with Crippen LogP contribution in [0, 0.1) is 11.8 Å². The van der Waals surface area contributed by atoms with Crippen LogP contribution in [-0.4, -0.2) is 102 Å². The summed E-state index contributed by atoms with van der Waals surface area (Å²) in [5.41, 5.74) is -4.28. The maximum Gasteiger partial charge on any atom is 0.465 e. The van der Waals surface area contributed by atoms with E-state index in [1.807, 2.05) is 0 Å². The highest BCUT2D eigenvalue weighted by atomic mass is 32.2. The van der Waals surface area contributed by atoms with Crippen LogP contribution in [-0.2, 0) is 52.9 Å². The fourth-order valence-corrected chi connectivity index (χ4v) is 8.14. The number of carbonyl (C=O) groups excluding carboxylic acids is 3. The predicted octanol–water partition coefficient (Wildman–Crippen LogP) is -0.126. The predicted molar refractivity (Wildman–Crippen MR) is 117 cm³/mol. The Labute approximate surface area is 221 Å². The Kier molecular flexibility index (Phi) is 6.11. The van der Waals surface area contributed by atoms with Gasteiger partial charge in [0.15, 0.2) is 6.10 Å². The average molecular weight is 583 g/mol. The van der Waals surface area contributed by atoms with Crippen molar-refractivity contribution in [3.63, 3.8) is 0 Å². The third-order valence-electron chi connectivity index (χ3n) is 8.74. The third kappa shape index (κ3) is 4.52. The molecule has 9 unspecified atom stereocenters. The zero-order valence-electron chi connectivity index (χ0n) is 20.6. The summed E-state index contributed by atoms with van der Waals surface area (Å²) in [7, 11) is -6.06. The normalized spacial score (nSPS) is 43.5. The van der Waals surface area contributed by atoms with Crippen LogP contribution in [0.3, 0.4) is 0 Å². The lowest BCUT2D eigenvalue weighted by Crippen LogP contribution is -2.68. The van der Waals surface area contributed by atoms with Crippen LogP contribution in [0.25, 0.3) is 0 Å². The van der Waals surface area contributed by atoms with E-state index in [0.717, 1.165) is 0 Å². The summed E-state index contributed by atoms with van der Waals surface area (Å²) in [6.45, 7) is -0.630. The second-order valence-corrected chi connectivity index (χ2v) is 13.2. The largest absolute Gasteiger partial charge is 0.465 e. The smallest absolute Gasteiger partial charge is 0.462 e. The third-order valence-corrected chi connectivity index (χ3v) is 9.56. The van der Waals surface area contributed by atoms with Crippen LogP contribution in [0.2, 0.25) is 0 Å². The minimum absolute atomic E-state index is 0.0235. The molecule has 0 amide bonds. The topological polar surface area (TPSA) is 181 Å². The van der Waals surface area contributed by atoms with Gasteiger partial charge in [-0.3, -0.25) is 9.35 Å². The van der Waals surface area contributed by atoms with E-state index in [9.17, 15) is 36.7 Å². The van der Waals surface area contributed by atoms with Crippen LogP contribution in [0.15, 0.2) is 0 Å². The molecular weight excluding hydrogens is 554 g/mol. The summed E-state index contributed by atoms with van der Waals surface area (Å²) in [6.07, 6.45) is -0.467. The van der Waals surface area contributed by atoms with Crippen LogP contribution in [0.1, 0.15) is 44.9 Å². The second-order valence-electron chi connectivity index (χ2n) is 11.7. The Balaban J connectivity index is 1.02. The molecule has 6 bridgehead atoms. The van der Waals surface area contributed by atoms with Crippen molar-refractivity contribution in [2.45, 2.75) is 91.4 Å². The van der Waals surface area contributed by atoms with E-state index in [-0.39, 0.29) is 68.9 Å². The molecule has 7 rings (SSSR count). The van der Waals surface area contributed by atoms with Crippen molar-refractivity contribution in [1.82, 2.24) is 0 Å². The van der Waals surface area contributed by atoms with Gasteiger partial charge in [-0.25, -0.2) is 9.59 Å². The lowest BCUT2D eigenvalue weighted by atomic mass is 9.50. The monoisotopic (exact) mass is 582 g/mol. The van der Waals surface area contributed by atoms with E-state index in [0.29, 0.717) is 19.3 Å². The SMILES string of the molecule is O=C(COC12CC3CC(O)(C1)CC(OC(=O)C(F)(F)S(=O)(=O)O)(C3)C2)OCCOC1C2CC3C(=O)OC1C3O2. The molecule has 2 N–H and O–H groups in total. The van der Waals surface area contributed by atoms with Gasteiger partial charge in [-0.1, -0.05) is 0 Å². The number of ether oxygens (including phenoxy) is 6. The summed E-state index contributed by atoms with van der Waals surface area (Å²) in [5, 5.41) is 5.88. The molecule has 9 atom stereocenters. The molecule has 218 valence electrons. The molecule has 3 aliphatic heterocycles. The summed E-state index contributed by atoms with van der Waals surface area (Å²) in [5.74, 6) is -4.02. The fraction of sp³-hybridized carbons (Fsp3) is 0.870. The van der Waals surface area contributed by atoms with E-state index >= 15 is 0 Å². The van der Waals surface area contributed by atoms with Gasteiger partial charge in [0.2, 0.25) is 0 Å². The van der Waals surface area contributed by atoms with E-state index in [1.165, 1.54) is 0 Å². The van der Waals surface area contributed by atoms with Gasteiger partial charge < -0.3 is 33.5 Å². The first kappa shape index (κ1) is 27.2. The van der Waals surface area contributed by atoms with Crippen LogP contribution >= 0.6 is 0 Å². The molecule has 13 nitrogen and oxygen atoms in total. The second kappa shape index (κ2) is 8.76. The minimum atomic E-state index is -6.06. The molecule has 7 aliphatic rings. The first-order valence-corrected chi connectivity index (χ1v) is 14.2. The zero-order valence-corrected chi connectivity index (χ0v) is 21.4. The maximum atomic E-state index is 13.9. The van der Waals surface area contributed by atoms with Crippen LogP contribution < -0.4 is 0 Å². The number of esters is 3. The number of aliphatic hydroxyl groups is 1. The highest BCUT2D eigenvalue weighted by Gasteiger charge is 2.68. The molecule has 0 spiro atoms. The molecule has 4 aliphatic carbocycles. The Morgan fingerprint density at radius 3 is 2.51 bits per heavy atom. The van der Waals surface area contributed by atoms with Crippen molar-refractivity contribution in [2.24, 2.45) is 11.8 Å². The first-order valence-electron chi connectivity index (χ1n) is 12.7. The van der Waals surface area contributed by atoms with Gasteiger partial charge in [-0.15, -0.1) is 0 Å². The molecule has 39 heavy (non-hydrogen) atoms. The molecular formula is C23H28F2O13S. The van der Waals surface area contributed by atoms with Gasteiger partial charge in [0.1, 0.15) is 31.0 Å². The highest BCUT2D eigenvalue weighted by Crippen LogP contribution is 2.62. The molecule has 0 aromatic carbocycles. The molecule has 0 aromatic heterocycles.